The van der Waals surface area contributed by atoms with Crippen LogP contribution in [0.5, 0.6) is 0 Å². The number of sulfonamides is 1. The van der Waals surface area contributed by atoms with E-state index in [0.29, 0.717) is 13.1 Å². The minimum Gasteiger partial charge on any atom is -0.342 e. The molecule has 1 aliphatic heterocycles. The molecular formula is C14H19ClN2O3S. The van der Waals surface area contributed by atoms with Gasteiger partial charge < -0.3 is 4.90 Å². The van der Waals surface area contributed by atoms with Crippen LogP contribution in [-0.2, 0) is 14.8 Å². The fourth-order valence-electron chi connectivity index (χ4n) is 2.33. The lowest BCUT2D eigenvalue weighted by molar-refractivity contribution is -0.129. The van der Waals surface area contributed by atoms with E-state index in [1.54, 1.807) is 17.0 Å². The highest BCUT2D eigenvalue weighted by Crippen LogP contribution is 2.20. The molecule has 0 aromatic heterocycles. The number of amides is 1. The SMILES string of the molecule is O=C(CNS(=O)(=O)c1ccccc1Cl)N1CCCCCC1. The van der Waals surface area contributed by atoms with Gasteiger partial charge in [-0.15, -0.1) is 0 Å². The molecule has 1 fully saturated rings. The van der Waals surface area contributed by atoms with E-state index in [2.05, 4.69) is 4.72 Å². The summed E-state index contributed by atoms with van der Waals surface area (Å²) >= 11 is 5.88. The van der Waals surface area contributed by atoms with Crippen LogP contribution in [0.25, 0.3) is 0 Å². The standard InChI is InChI=1S/C14H19ClN2O3S/c15-12-7-3-4-8-13(12)21(19,20)16-11-14(18)17-9-5-1-2-6-10-17/h3-4,7-8,16H,1-2,5-6,9-11H2. The van der Waals surface area contributed by atoms with Crippen molar-refractivity contribution >= 4 is 27.5 Å². The average molecular weight is 331 g/mol. The zero-order chi connectivity index (χ0) is 15.3. The van der Waals surface area contributed by atoms with Crippen LogP contribution in [-0.4, -0.2) is 38.9 Å². The van der Waals surface area contributed by atoms with E-state index in [-0.39, 0.29) is 22.4 Å². The third kappa shape index (κ3) is 4.43. The third-order valence-corrected chi connectivity index (χ3v) is 5.40. The highest BCUT2D eigenvalue weighted by molar-refractivity contribution is 7.89. The molecule has 1 aromatic rings. The fraction of sp³-hybridized carbons (Fsp3) is 0.500. The van der Waals surface area contributed by atoms with Gasteiger partial charge in [0.1, 0.15) is 4.90 Å². The van der Waals surface area contributed by atoms with Gasteiger partial charge in [-0.2, -0.15) is 0 Å². The summed E-state index contributed by atoms with van der Waals surface area (Å²) in [6, 6.07) is 6.18. The van der Waals surface area contributed by atoms with Crippen LogP contribution in [0.2, 0.25) is 5.02 Å². The van der Waals surface area contributed by atoms with Crippen molar-refractivity contribution in [2.75, 3.05) is 19.6 Å². The van der Waals surface area contributed by atoms with Crippen molar-refractivity contribution in [1.82, 2.24) is 9.62 Å². The topological polar surface area (TPSA) is 66.5 Å². The number of rotatable bonds is 4. The molecule has 1 aliphatic rings. The van der Waals surface area contributed by atoms with Gasteiger partial charge in [0.05, 0.1) is 11.6 Å². The van der Waals surface area contributed by atoms with Crippen LogP contribution < -0.4 is 4.72 Å². The second-order valence-electron chi connectivity index (χ2n) is 5.05. The van der Waals surface area contributed by atoms with Gasteiger partial charge in [0, 0.05) is 13.1 Å². The molecule has 0 radical (unpaired) electrons. The van der Waals surface area contributed by atoms with Gasteiger partial charge in [-0.05, 0) is 25.0 Å². The molecule has 0 spiro atoms. The summed E-state index contributed by atoms with van der Waals surface area (Å²) in [6.45, 7) is 1.17. The smallest absolute Gasteiger partial charge is 0.242 e. The molecule has 1 aromatic carbocycles. The predicted octanol–water partition coefficient (Wildman–Crippen LogP) is 2.02. The molecule has 7 heteroatoms. The number of hydrogen-bond acceptors (Lipinski definition) is 3. The molecular weight excluding hydrogens is 312 g/mol. The van der Waals surface area contributed by atoms with Crippen molar-refractivity contribution in [1.29, 1.82) is 0 Å². The van der Waals surface area contributed by atoms with E-state index in [9.17, 15) is 13.2 Å². The van der Waals surface area contributed by atoms with E-state index in [0.717, 1.165) is 25.7 Å². The van der Waals surface area contributed by atoms with Gasteiger partial charge in [0.2, 0.25) is 15.9 Å². The number of halogens is 1. The Balaban J connectivity index is 1.98. The number of nitrogens with one attached hydrogen (secondary N) is 1. The zero-order valence-corrected chi connectivity index (χ0v) is 13.3. The summed E-state index contributed by atoms with van der Waals surface area (Å²) < 4.78 is 26.6. The minimum absolute atomic E-state index is 0.00432. The number of carbonyl (C=O) groups is 1. The Morgan fingerprint density at radius 2 is 1.76 bits per heavy atom. The van der Waals surface area contributed by atoms with Crippen molar-refractivity contribution in [2.45, 2.75) is 30.6 Å². The first-order valence-corrected chi connectivity index (χ1v) is 8.89. The Bertz CT molecular complexity index is 596. The average Bonchev–Trinajstić information content (AvgIpc) is 2.74. The lowest BCUT2D eigenvalue weighted by Gasteiger charge is -2.20. The minimum atomic E-state index is -3.76. The van der Waals surface area contributed by atoms with Crippen LogP contribution in [0.4, 0.5) is 0 Å². The maximum absolute atomic E-state index is 12.1. The Labute approximate surface area is 130 Å². The fourth-order valence-corrected chi connectivity index (χ4v) is 3.82. The molecule has 1 amide bonds. The van der Waals surface area contributed by atoms with Crippen molar-refractivity contribution in [3.05, 3.63) is 29.3 Å². The van der Waals surface area contributed by atoms with Gasteiger partial charge in [0.15, 0.2) is 0 Å². The van der Waals surface area contributed by atoms with Crippen LogP contribution in [0.15, 0.2) is 29.2 Å². The van der Waals surface area contributed by atoms with E-state index in [4.69, 9.17) is 11.6 Å². The van der Waals surface area contributed by atoms with Crippen LogP contribution in [0.1, 0.15) is 25.7 Å². The maximum atomic E-state index is 12.1. The predicted molar refractivity (Wildman–Crippen MR) is 81.7 cm³/mol. The molecule has 2 rings (SSSR count). The van der Waals surface area contributed by atoms with Crippen molar-refractivity contribution in [3.8, 4) is 0 Å². The number of benzene rings is 1. The quantitative estimate of drug-likeness (QED) is 0.918. The van der Waals surface area contributed by atoms with Gasteiger partial charge in [0.25, 0.3) is 0 Å². The third-order valence-electron chi connectivity index (χ3n) is 3.50. The Morgan fingerprint density at radius 1 is 1.14 bits per heavy atom. The molecule has 1 heterocycles. The molecule has 1 N–H and O–H groups in total. The van der Waals surface area contributed by atoms with Crippen LogP contribution in [0, 0.1) is 0 Å². The van der Waals surface area contributed by atoms with Crippen molar-refractivity contribution in [2.24, 2.45) is 0 Å². The molecule has 0 atom stereocenters. The van der Waals surface area contributed by atoms with Gasteiger partial charge in [-0.3, -0.25) is 4.79 Å². The number of carbonyl (C=O) groups excluding carboxylic acids is 1. The molecule has 0 unspecified atom stereocenters. The van der Waals surface area contributed by atoms with Crippen LogP contribution in [0.3, 0.4) is 0 Å². The van der Waals surface area contributed by atoms with Crippen molar-refractivity contribution < 1.29 is 13.2 Å². The molecule has 0 bridgehead atoms. The summed E-state index contributed by atoms with van der Waals surface area (Å²) in [4.78, 5) is 13.8. The summed E-state index contributed by atoms with van der Waals surface area (Å²) in [5, 5.41) is 0.146. The monoisotopic (exact) mass is 330 g/mol. The first-order valence-electron chi connectivity index (χ1n) is 7.03. The molecule has 0 aliphatic carbocycles. The number of nitrogens with zero attached hydrogens (tertiary/aromatic N) is 1. The second kappa shape index (κ2) is 7.24. The maximum Gasteiger partial charge on any atom is 0.242 e. The van der Waals surface area contributed by atoms with E-state index in [1.165, 1.54) is 12.1 Å². The molecule has 116 valence electrons. The largest absolute Gasteiger partial charge is 0.342 e. The zero-order valence-electron chi connectivity index (χ0n) is 11.7. The number of hydrogen-bond donors (Lipinski definition) is 1. The Morgan fingerprint density at radius 3 is 2.38 bits per heavy atom. The summed E-state index contributed by atoms with van der Waals surface area (Å²) in [7, 11) is -3.76. The highest BCUT2D eigenvalue weighted by Gasteiger charge is 2.21. The first kappa shape index (κ1) is 16.3. The molecule has 21 heavy (non-hydrogen) atoms. The highest BCUT2D eigenvalue weighted by atomic mass is 35.5. The Kier molecular flexibility index (Phi) is 5.61. The number of likely N-dealkylation sites (tertiary alicyclic amines) is 1. The van der Waals surface area contributed by atoms with Gasteiger partial charge in [-0.1, -0.05) is 36.6 Å². The lowest BCUT2D eigenvalue weighted by Crippen LogP contribution is -2.40. The normalized spacial score (nSPS) is 16.5. The first-order chi connectivity index (χ1) is 10.0. The van der Waals surface area contributed by atoms with Gasteiger partial charge >= 0.3 is 0 Å². The molecule has 1 saturated heterocycles. The second-order valence-corrected chi connectivity index (χ2v) is 7.19. The summed E-state index contributed by atoms with van der Waals surface area (Å²) in [5.41, 5.74) is 0. The molecule has 0 saturated carbocycles. The Hall–Kier alpha value is -1.11. The van der Waals surface area contributed by atoms with E-state index < -0.39 is 10.0 Å². The lowest BCUT2D eigenvalue weighted by atomic mass is 10.2. The summed E-state index contributed by atoms with van der Waals surface area (Å²) in [5.74, 6) is -0.187. The van der Waals surface area contributed by atoms with E-state index in [1.807, 2.05) is 0 Å². The van der Waals surface area contributed by atoms with Crippen LogP contribution >= 0.6 is 11.6 Å². The van der Waals surface area contributed by atoms with Gasteiger partial charge in [-0.25, -0.2) is 13.1 Å². The van der Waals surface area contributed by atoms with Crippen molar-refractivity contribution in [3.63, 3.8) is 0 Å². The summed E-state index contributed by atoms with van der Waals surface area (Å²) in [6.07, 6.45) is 4.19. The van der Waals surface area contributed by atoms with E-state index >= 15 is 0 Å². The molecule has 5 nitrogen and oxygen atoms in total.